The van der Waals surface area contributed by atoms with Gasteiger partial charge in [0, 0.05) is 30.3 Å². The minimum absolute atomic E-state index is 0.111. The summed E-state index contributed by atoms with van der Waals surface area (Å²) in [6.07, 6.45) is -1.27. The number of benzene rings is 2. The lowest BCUT2D eigenvalue weighted by Crippen LogP contribution is -2.28. The van der Waals surface area contributed by atoms with Crippen molar-refractivity contribution in [1.82, 2.24) is 19.7 Å². The summed E-state index contributed by atoms with van der Waals surface area (Å²) in [7, 11) is 0. The minimum Gasteiger partial charge on any atom is -0.382 e. The van der Waals surface area contributed by atoms with Crippen LogP contribution in [0.25, 0.3) is 5.52 Å². The number of carbonyl (C=O) groups is 2. The lowest BCUT2D eigenvalue weighted by atomic mass is 10.2. The number of urea groups is 1. The Hall–Kier alpha value is -4.61. The molecule has 5 N–H and O–H groups in total. The molecule has 2 aromatic heterocycles. The molecule has 0 fully saturated rings. The Morgan fingerprint density at radius 3 is 2.51 bits per heavy atom. The van der Waals surface area contributed by atoms with Gasteiger partial charge in [0.1, 0.15) is 17.2 Å². The van der Waals surface area contributed by atoms with Gasteiger partial charge in [-0.1, -0.05) is 12.1 Å². The number of carbonyl (C=O) groups excluding carboxylic acids is 2. The van der Waals surface area contributed by atoms with Gasteiger partial charge in [-0.15, -0.1) is 0 Å². The van der Waals surface area contributed by atoms with Gasteiger partial charge in [0.15, 0.2) is 5.69 Å². The Morgan fingerprint density at radius 2 is 1.80 bits per heavy atom. The van der Waals surface area contributed by atoms with Gasteiger partial charge in [0.05, 0.1) is 5.56 Å². The highest BCUT2D eigenvalue weighted by Gasteiger charge is 2.30. The monoisotopic (exact) mass is 483 g/mol. The molecule has 9 nitrogen and oxygen atoms in total. The predicted octanol–water partition coefficient (Wildman–Crippen LogP) is 4.21. The summed E-state index contributed by atoms with van der Waals surface area (Å²) < 4.78 is 39.6. The van der Waals surface area contributed by atoms with Crippen LogP contribution in [0.2, 0.25) is 0 Å². The van der Waals surface area contributed by atoms with E-state index in [0.717, 1.165) is 12.1 Å². The van der Waals surface area contributed by atoms with Crippen LogP contribution in [0.3, 0.4) is 0 Å². The second kappa shape index (κ2) is 9.33. The van der Waals surface area contributed by atoms with Crippen LogP contribution in [-0.4, -0.2) is 26.3 Å². The van der Waals surface area contributed by atoms with Gasteiger partial charge in [-0.05, 0) is 48.9 Å². The first-order valence-electron chi connectivity index (χ1n) is 10.3. The van der Waals surface area contributed by atoms with Crippen LogP contribution in [0.1, 0.15) is 27.4 Å². The molecule has 4 rings (SSSR count). The lowest BCUT2D eigenvalue weighted by Gasteiger charge is -2.11. The molecule has 0 aliphatic heterocycles. The summed E-state index contributed by atoms with van der Waals surface area (Å²) >= 11 is 0. The topological polar surface area (TPSA) is 126 Å². The molecule has 0 unspecified atom stereocenters. The highest BCUT2D eigenvalue weighted by Crippen LogP contribution is 2.29. The van der Waals surface area contributed by atoms with Crippen molar-refractivity contribution < 1.29 is 22.8 Å². The zero-order valence-corrected chi connectivity index (χ0v) is 18.3. The number of fused-ring (bicyclic) bond motifs is 1. The number of halogens is 3. The number of amides is 3. The van der Waals surface area contributed by atoms with Crippen molar-refractivity contribution in [3.8, 4) is 0 Å². The maximum Gasteiger partial charge on any atom is 0.416 e. The van der Waals surface area contributed by atoms with Gasteiger partial charge in [-0.2, -0.15) is 13.2 Å². The number of aryl methyl sites for hydroxylation is 1. The summed E-state index contributed by atoms with van der Waals surface area (Å²) in [5.74, 6) is 0.284. The van der Waals surface area contributed by atoms with Crippen LogP contribution in [-0.2, 0) is 12.7 Å². The van der Waals surface area contributed by atoms with Gasteiger partial charge >= 0.3 is 12.2 Å². The van der Waals surface area contributed by atoms with E-state index in [2.05, 4.69) is 25.9 Å². The van der Waals surface area contributed by atoms with E-state index in [1.807, 2.05) is 0 Å². The van der Waals surface area contributed by atoms with Crippen LogP contribution in [0.15, 0.2) is 60.9 Å². The number of hydrogen-bond acceptors (Lipinski definition) is 5. The molecule has 3 amide bonds. The zero-order chi connectivity index (χ0) is 25.2. The maximum atomic E-state index is 12.8. The molecule has 4 aromatic rings. The Kier molecular flexibility index (Phi) is 6.28. The maximum absolute atomic E-state index is 12.8. The van der Waals surface area contributed by atoms with Crippen molar-refractivity contribution >= 4 is 34.6 Å². The molecule has 0 saturated carbocycles. The third-order valence-electron chi connectivity index (χ3n) is 5.08. The molecule has 0 aliphatic carbocycles. The van der Waals surface area contributed by atoms with E-state index < -0.39 is 23.7 Å². The van der Waals surface area contributed by atoms with E-state index in [1.165, 1.54) is 18.3 Å². The molecule has 0 atom stereocenters. The molecular weight excluding hydrogens is 463 g/mol. The smallest absolute Gasteiger partial charge is 0.382 e. The summed E-state index contributed by atoms with van der Waals surface area (Å²) in [6.45, 7) is 1.85. The standard InChI is InChI=1S/C23H20F3N7O2/c1-13-30-18(19-20(27)28-9-10-33(13)19)21(34)31-17-4-2-3-14(11-17)12-29-22(35)32-16-7-5-15(6-8-16)23(24,25)26/h2-11H,12H2,1H3,(H2,27,28)(H,31,34)(H2,29,32,35). The summed E-state index contributed by atoms with van der Waals surface area (Å²) in [5, 5.41) is 7.84. The molecule has 2 heterocycles. The largest absolute Gasteiger partial charge is 0.416 e. The Morgan fingerprint density at radius 1 is 1.06 bits per heavy atom. The number of nitrogens with zero attached hydrogens (tertiary/aromatic N) is 3. The Balaban J connectivity index is 1.38. The van der Waals surface area contributed by atoms with E-state index in [0.29, 0.717) is 22.6 Å². The second-order valence-corrected chi connectivity index (χ2v) is 7.58. The van der Waals surface area contributed by atoms with Crippen molar-refractivity contribution in [3.63, 3.8) is 0 Å². The number of rotatable bonds is 5. The fraction of sp³-hybridized carbons (Fsp3) is 0.130. The molecule has 0 radical (unpaired) electrons. The SMILES string of the molecule is Cc1nc(C(=O)Nc2cccc(CNC(=O)Nc3ccc(C(F)(F)F)cc3)c2)c2c(N)nccn12. The number of aromatic nitrogens is 3. The van der Waals surface area contributed by atoms with E-state index in [9.17, 15) is 22.8 Å². The van der Waals surface area contributed by atoms with Crippen molar-refractivity contribution in [2.24, 2.45) is 0 Å². The van der Waals surface area contributed by atoms with Crippen molar-refractivity contribution in [3.05, 3.63) is 83.6 Å². The normalized spacial score (nSPS) is 11.3. The first-order valence-corrected chi connectivity index (χ1v) is 10.3. The van der Waals surface area contributed by atoms with E-state index in [1.54, 1.807) is 41.8 Å². The molecule has 12 heteroatoms. The number of anilines is 3. The fourth-order valence-electron chi connectivity index (χ4n) is 3.42. The molecule has 2 aromatic carbocycles. The number of nitrogens with two attached hydrogens (primary N) is 1. The highest BCUT2D eigenvalue weighted by atomic mass is 19.4. The molecule has 0 saturated heterocycles. The molecule has 0 aliphatic rings. The van der Waals surface area contributed by atoms with E-state index >= 15 is 0 Å². The van der Waals surface area contributed by atoms with Crippen LogP contribution < -0.4 is 21.7 Å². The van der Waals surface area contributed by atoms with E-state index in [-0.39, 0.29) is 23.7 Å². The Labute approximate surface area is 197 Å². The number of alkyl halides is 3. The van der Waals surface area contributed by atoms with Crippen molar-refractivity contribution in [2.75, 3.05) is 16.4 Å². The van der Waals surface area contributed by atoms with Crippen molar-refractivity contribution in [1.29, 1.82) is 0 Å². The lowest BCUT2D eigenvalue weighted by molar-refractivity contribution is -0.137. The van der Waals surface area contributed by atoms with Gasteiger partial charge in [-0.3, -0.25) is 9.20 Å². The van der Waals surface area contributed by atoms with Crippen LogP contribution in [0.5, 0.6) is 0 Å². The number of hydrogen-bond donors (Lipinski definition) is 4. The molecule has 0 spiro atoms. The van der Waals surface area contributed by atoms with Crippen molar-refractivity contribution in [2.45, 2.75) is 19.6 Å². The molecule has 35 heavy (non-hydrogen) atoms. The summed E-state index contributed by atoms with van der Waals surface area (Å²) in [5.41, 5.74) is 7.02. The first kappa shape index (κ1) is 23.5. The van der Waals surface area contributed by atoms with Gasteiger partial charge in [0.25, 0.3) is 5.91 Å². The quantitative estimate of drug-likeness (QED) is 0.338. The minimum atomic E-state index is -4.45. The van der Waals surface area contributed by atoms with Crippen LogP contribution >= 0.6 is 0 Å². The average molecular weight is 483 g/mol. The number of nitrogen functional groups attached to an aromatic ring is 1. The average Bonchev–Trinajstić information content (AvgIpc) is 3.16. The molecular formula is C23H20F3N7O2. The third-order valence-corrected chi connectivity index (χ3v) is 5.08. The van der Waals surface area contributed by atoms with E-state index in [4.69, 9.17) is 5.73 Å². The summed E-state index contributed by atoms with van der Waals surface area (Å²) in [4.78, 5) is 33.3. The predicted molar refractivity (Wildman–Crippen MR) is 124 cm³/mol. The number of nitrogens with one attached hydrogen (secondary N) is 3. The second-order valence-electron chi connectivity index (χ2n) is 7.58. The summed E-state index contributed by atoms with van der Waals surface area (Å²) in [6, 6.07) is 10.3. The van der Waals surface area contributed by atoms with Gasteiger partial charge in [0.2, 0.25) is 0 Å². The zero-order valence-electron chi connectivity index (χ0n) is 18.3. The highest BCUT2D eigenvalue weighted by molar-refractivity contribution is 6.09. The van der Waals surface area contributed by atoms with Crippen LogP contribution in [0.4, 0.5) is 35.2 Å². The number of imidazole rings is 1. The fourth-order valence-corrected chi connectivity index (χ4v) is 3.42. The first-order chi connectivity index (χ1) is 16.6. The third kappa shape index (κ3) is 5.32. The van der Waals surface area contributed by atoms with Crippen LogP contribution in [0, 0.1) is 6.92 Å². The van der Waals surface area contributed by atoms with Gasteiger partial charge in [-0.25, -0.2) is 14.8 Å². The Bertz CT molecular complexity index is 1400. The molecule has 180 valence electrons. The van der Waals surface area contributed by atoms with Gasteiger partial charge < -0.3 is 21.7 Å². The molecule has 0 bridgehead atoms.